The molecule has 3 aliphatic rings. The van der Waals surface area contributed by atoms with Gasteiger partial charge in [-0.2, -0.15) is 0 Å². The molecular weight excluding hydrogens is 454 g/mol. The average molecular weight is 492 g/mol. The summed E-state index contributed by atoms with van der Waals surface area (Å²) in [4.78, 5) is 2.60. The van der Waals surface area contributed by atoms with E-state index in [1.165, 1.54) is 82.9 Å². The number of aromatic nitrogens is 2. The monoisotopic (exact) mass is 491 g/mol. The first-order chi connectivity index (χ1) is 17.9. The van der Waals surface area contributed by atoms with E-state index < -0.39 is 0 Å². The van der Waals surface area contributed by atoms with Crippen molar-refractivity contribution in [2.45, 2.75) is 65.2 Å². The van der Waals surface area contributed by atoms with E-state index in [9.17, 15) is 0 Å². The topological polar surface area (TPSA) is 34.2 Å². The lowest BCUT2D eigenvalue weighted by molar-refractivity contribution is 0.155. The van der Waals surface area contributed by atoms with Crippen molar-refractivity contribution in [2.75, 3.05) is 18.0 Å². The van der Waals surface area contributed by atoms with Gasteiger partial charge in [0.05, 0.1) is 5.52 Å². The zero-order valence-corrected chi connectivity index (χ0v) is 22.6. The van der Waals surface area contributed by atoms with Gasteiger partial charge in [-0.05, 0) is 99.6 Å². The summed E-state index contributed by atoms with van der Waals surface area (Å²) in [7, 11) is 2.16. The Kier molecular flexibility index (Phi) is 5.18. The molecule has 4 heteroatoms. The maximum Gasteiger partial charge on any atom is 0.147 e. The van der Waals surface area contributed by atoms with Crippen LogP contribution in [0, 0.1) is 26.2 Å². The SMILES string of the molecule is Cc1cccc(C)c1-c1noc(C2CC2)c1C=C1CC2(CCN(c3ccc4c(C)cn(C)c4c3)CC2)C1. The molecule has 0 unspecified atom stereocenters. The predicted molar refractivity (Wildman–Crippen MR) is 152 cm³/mol. The van der Waals surface area contributed by atoms with Gasteiger partial charge in [-0.25, -0.2) is 0 Å². The molecule has 0 N–H and O–H groups in total. The van der Waals surface area contributed by atoms with E-state index in [1.807, 2.05) is 0 Å². The zero-order chi connectivity index (χ0) is 25.3. The van der Waals surface area contributed by atoms with Crippen LogP contribution in [0.3, 0.4) is 0 Å². The second-order valence-electron chi connectivity index (χ2n) is 12.1. The summed E-state index contributed by atoms with van der Waals surface area (Å²) in [6.45, 7) is 8.88. The highest BCUT2D eigenvalue weighted by Gasteiger charge is 2.43. The lowest BCUT2D eigenvalue weighted by Gasteiger charge is -2.50. The molecule has 0 atom stereocenters. The van der Waals surface area contributed by atoms with Gasteiger partial charge in [0.15, 0.2) is 0 Å². The van der Waals surface area contributed by atoms with Crippen LogP contribution >= 0.6 is 0 Å². The molecule has 4 nitrogen and oxygen atoms in total. The van der Waals surface area contributed by atoms with E-state index in [1.54, 1.807) is 5.57 Å². The van der Waals surface area contributed by atoms with Crippen molar-refractivity contribution in [3.63, 3.8) is 0 Å². The Labute approximate surface area is 220 Å². The normalized spacial score (nSPS) is 19.0. The fraction of sp³-hybridized carbons (Fsp3) is 0.424. The van der Waals surface area contributed by atoms with Crippen LogP contribution in [0.25, 0.3) is 28.2 Å². The Morgan fingerprint density at radius 1 is 0.973 bits per heavy atom. The number of allylic oxidation sites excluding steroid dienone is 1. The second-order valence-corrected chi connectivity index (χ2v) is 12.1. The fourth-order valence-electron chi connectivity index (χ4n) is 7.04. The third-order valence-corrected chi connectivity index (χ3v) is 9.34. The summed E-state index contributed by atoms with van der Waals surface area (Å²) in [5.41, 5.74) is 12.2. The van der Waals surface area contributed by atoms with Crippen LogP contribution in [-0.2, 0) is 7.05 Å². The molecule has 0 amide bonds. The minimum absolute atomic E-state index is 0.476. The summed E-state index contributed by atoms with van der Waals surface area (Å²) in [6, 6.07) is 13.5. The molecule has 0 radical (unpaired) electrons. The summed E-state index contributed by atoms with van der Waals surface area (Å²) in [5.74, 6) is 1.67. The third kappa shape index (κ3) is 3.84. The molecule has 2 aromatic heterocycles. The highest BCUT2D eigenvalue weighted by molar-refractivity contribution is 5.87. The lowest BCUT2D eigenvalue weighted by atomic mass is 9.60. The van der Waals surface area contributed by atoms with Gasteiger partial charge in [-0.1, -0.05) is 35.0 Å². The zero-order valence-electron chi connectivity index (χ0n) is 22.6. The standard InChI is InChI=1S/C33H37N3O/c1-21-6-5-7-22(2)30(21)31-28(32(37-34-31)25-8-9-25)16-24-18-33(19-24)12-14-36(15-13-33)26-10-11-27-23(3)20-35(4)29(27)17-26/h5-7,10-11,16-17,20,25H,8-9,12-15,18-19H2,1-4H3. The van der Waals surface area contributed by atoms with Crippen LogP contribution in [0.5, 0.6) is 0 Å². The van der Waals surface area contributed by atoms with E-state index in [2.05, 4.69) is 91.1 Å². The first-order valence-corrected chi connectivity index (χ1v) is 14.0. The number of rotatable bonds is 4. The molecular formula is C33H37N3O. The summed E-state index contributed by atoms with van der Waals surface area (Å²) in [5, 5.41) is 6.00. The van der Waals surface area contributed by atoms with E-state index in [0.29, 0.717) is 11.3 Å². The van der Waals surface area contributed by atoms with Gasteiger partial charge in [0, 0.05) is 54.5 Å². The van der Waals surface area contributed by atoms with Crippen LogP contribution in [-0.4, -0.2) is 22.8 Å². The Bertz CT molecular complexity index is 1510. The molecule has 2 saturated carbocycles. The Morgan fingerprint density at radius 2 is 1.70 bits per heavy atom. The molecule has 3 fully saturated rings. The molecule has 2 aliphatic carbocycles. The molecule has 4 aromatic rings. The number of aryl methyl sites for hydroxylation is 4. The highest BCUT2D eigenvalue weighted by atomic mass is 16.5. The van der Waals surface area contributed by atoms with Crippen LogP contribution in [0.15, 0.2) is 52.7 Å². The van der Waals surface area contributed by atoms with Gasteiger partial charge in [0.1, 0.15) is 11.5 Å². The Hall–Kier alpha value is -3.27. The lowest BCUT2D eigenvalue weighted by Crippen LogP contribution is -2.44. The van der Waals surface area contributed by atoms with Crippen molar-refractivity contribution in [3.8, 4) is 11.3 Å². The largest absolute Gasteiger partial charge is 0.371 e. The number of hydrogen-bond donors (Lipinski definition) is 0. The maximum absolute atomic E-state index is 5.99. The van der Waals surface area contributed by atoms with Gasteiger partial charge in [0.2, 0.25) is 0 Å². The minimum Gasteiger partial charge on any atom is -0.371 e. The van der Waals surface area contributed by atoms with E-state index in [-0.39, 0.29) is 0 Å². The van der Waals surface area contributed by atoms with Gasteiger partial charge in [0.25, 0.3) is 0 Å². The molecule has 190 valence electrons. The predicted octanol–water partition coefficient (Wildman–Crippen LogP) is 8.10. The van der Waals surface area contributed by atoms with Crippen molar-refractivity contribution in [1.29, 1.82) is 0 Å². The number of nitrogens with zero attached hydrogens (tertiary/aromatic N) is 3. The fourth-order valence-corrected chi connectivity index (χ4v) is 7.04. The molecule has 1 aliphatic heterocycles. The Morgan fingerprint density at radius 3 is 2.41 bits per heavy atom. The van der Waals surface area contributed by atoms with Crippen LogP contribution in [0.2, 0.25) is 0 Å². The number of anilines is 1. The first kappa shape index (κ1) is 22.9. The number of benzene rings is 2. The molecule has 0 bridgehead atoms. The van der Waals surface area contributed by atoms with Crippen molar-refractivity contribution >= 4 is 22.7 Å². The summed E-state index contributed by atoms with van der Waals surface area (Å²) >= 11 is 0. The summed E-state index contributed by atoms with van der Waals surface area (Å²) < 4.78 is 8.25. The minimum atomic E-state index is 0.476. The van der Waals surface area contributed by atoms with Crippen molar-refractivity contribution in [1.82, 2.24) is 9.72 Å². The van der Waals surface area contributed by atoms with Gasteiger partial charge in [-0.15, -0.1) is 0 Å². The first-order valence-electron chi connectivity index (χ1n) is 14.0. The molecule has 3 heterocycles. The van der Waals surface area contributed by atoms with Crippen LogP contribution in [0.1, 0.15) is 72.5 Å². The molecule has 1 spiro atoms. The highest BCUT2D eigenvalue weighted by Crippen LogP contribution is 2.54. The van der Waals surface area contributed by atoms with Crippen LogP contribution in [0.4, 0.5) is 5.69 Å². The maximum atomic E-state index is 5.99. The molecule has 7 rings (SSSR count). The quantitative estimate of drug-likeness (QED) is 0.289. The third-order valence-electron chi connectivity index (χ3n) is 9.34. The number of piperidine rings is 1. The van der Waals surface area contributed by atoms with E-state index in [0.717, 1.165) is 24.5 Å². The smallest absolute Gasteiger partial charge is 0.147 e. The summed E-state index contributed by atoms with van der Waals surface area (Å²) in [6.07, 6.45) is 12.1. The van der Waals surface area contributed by atoms with E-state index in [4.69, 9.17) is 4.52 Å². The average Bonchev–Trinajstić information content (AvgIpc) is 3.57. The molecule has 37 heavy (non-hydrogen) atoms. The molecule has 2 aromatic carbocycles. The van der Waals surface area contributed by atoms with Crippen molar-refractivity contribution in [3.05, 3.63) is 76.2 Å². The second kappa shape index (κ2) is 8.37. The van der Waals surface area contributed by atoms with E-state index >= 15 is 0 Å². The van der Waals surface area contributed by atoms with Crippen molar-refractivity contribution in [2.24, 2.45) is 12.5 Å². The molecule has 1 saturated heterocycles. The Balaban J connectivity index is 1.10. The van der Waals surface area contributed by atoms with Gasteiger partial charge >= 0.3 is 0 Å². The van der Waals surface area contributed by atoms with Crippen molar-refractivity contribution < 1.29 is 4.52 Å². The van der Waals surface area contributed by atoms with Gasteiger partial charge in [-0.3, -0.25) is 0 Å². The number of fused-ring (bicyclic) bond motifs is 1. The van der Waals surface area contributed by atoms with Crippen LogP contribution < -0.4 is 4.90 Å². The van der Waals surface area contributed by atoms with Gasteiger partial charge < -0.3 is 14.0 Å². The number of hydrogen-bond acceptors (Lipinski definition) is 3.